The van der Waals surface area contributed by atoms with Crippen molar-refractivity contribution in [3.63, 3.8) is 0 Å². The molecule has 18 heavy (non-hydrogen) atoms. The zero-order valence-corrected chi connectivity index (χ0v) is 11.3. The first-order valence-corrected chi connectivity index (χ1v) is 7.82. The Hall–Kier alpha value is -0.990. The van der Waals surface area contributed by atoms with Gasteiger partial charge in [0.05, 0.1) is 23.7 Å². The highest BCUT2D eigenvalue weighted by molar-refractivity contribution is 7.91. The maximum absolute atomic E-state index is 11.4. The Balaban J connectivity index is 1.92. The molecule has 1 saturated heterocycles. The van der Waals surface area contributed by atoms with Crippen LogP contribution in [-0.2, 0) is 22.9 Å². The van der Waals surface area contributed by atoms with Crippen LogP contribution in [0.3, 0.4) is 0 Å². The molecule has 0 bridgehead atoms. The molecule has 8 heteroatoms. The lowest BCUT2D eigenvalue weighted by Gasteiger charge is -2.21. The van der Waals surface area contributed by atoms with E-state index in [0.717, 1.165) is 5.69 Å². The van der Waals surface area contributed by atoms with Gasteiger partial charge in [-0.3, -0.25) is 9.58 Å². The number of aromatic nitrogens is 3. The highest BCUT2D eigenvalue weighted by atomic mass is 32.2. The van der Waals surface area contributed by atoms with E-state index in [4.69, 9.17) is 5.73 Å². The van der Waals surface area contributed by atoms with Crippen LogP contribution in [0.2, 0.25) is 0 Å². The van der Waals surface area contributed by atoms with E-state index in [9.17, 15) is 8.42 Å². The third-order valence-corrected chi connectivity index (χ3v) is 4.94. The van der Waals surface area contributed by atoms with E-state index in [-0.39, 0.29) is 11.8 Å². The van der Waals surface area contributed by atoms with Gasteiger partial charge in [-0.2, -0.15) is 0 Å². The predicted octanol–water partition coefficient (Wildman–Crippen LogP) is -1.14. The SMILES string of the molecule is CN(Cc1cn(CCN)nn1)C1CCS(=O)(=O)C1. The second-order valence-corrected chi connectivity index (χ2v) is 6.96. The summed E-state index contributed by atoms with van der Waals surface area (Å²) in [7, 11) is -0.912. The molecule has 1 unspecified atom stereocenters. The van der Waals surface area contributed by atoms with Gasteiger partial charge < -0.3 is 5.73 Å². The van der Waals surface area contributed by atoms with E-state index in [1.807, 2.05) is 18.1 Å². The second kappa shape index (κ2) is 5.33. The van der Waals surface area contributed by atoms with Crippen molar-refractivity contribution in [2.45, 2.75) is 25.6 Å². The van der Waals surface area contributed by atoms with Crippen molar-refractivity contribution in [2.24, 2.45) is 5.73 Å². The van der Waals surface area contributed by atoms with Crippen LogP contribution in [-0.4, -0.2) is 59.5 Å². The van der Waals surface area contributed by atoms with Gasteiger partial charge in [-0.1, -0.05) is 5.21 Å². The van der Waals surface area contributed by atoms with Crippen LogP contribution >= 0.6 is 0 Å². The minimum atomic E-state index is -2.84. The number of nitrogens with zero attached hydrogens (tertiary/aromatic N) is 4. The summed E-state index contributed by atoms with van der Waals surface area (Å²) in [4.78, 5) is 2.03. The summed E-state index contributed by atoms with van der Waals surface area (Å²) in [5, 5.41) is 8.00. The van der Waals surface area contributed by atoms with E-state index in [1.54, 1.807) is 4.68 Å². The summed E-state index contributed by atoms with van der Waals surface area (Å²) in [5.74, 6) is 0.544. The Kier molecular flexibility index (Phi) is 3.98. The molecule has 1 aliphatic heterocycles. The molecule has 0 radical (unpaired) electrons. The fourth-order valence-electron chi connectivity index (χ4n) is 2.16. The molecule has 102 valence electrons. The highest BCUT2D eigenvalue weighted by Crippen LogP contribution is 2.17. The Bertz CT molecular complexity index is 498. The Morgan fingerprint density at radius 2 is 2.39 bits per heavy atom. The van der Waals surface area contributed by atoms with Gasteiger partial charge in [0.2, 0.25) is 0 Å². The average Bonchev–Trinajstić information content (AvgIpc) is 2.86. The lowest BCUT2D eigenvalue weighted by Crippen LogP contribution is -2.32. The molecule has 0 spiro atoms. The minimum Gasteiger partial charge on any atom is -0.329 e. The van der Waals surface area contributed by atoms with Crippen LogP contribution in [0.15, 0.2) is 6.20 Å². The third kappa shape index (κ3) is 3.27. The monoisotopic (exact) mass is 273 g/mol. The minimum absolute atomic E-state index is 0.0923. The molecular weight excluding hydrogens is 254 g/mol. The average molecular weight is 273 g/mol. The topological polar surface area (TPSA) is 94.1 Å². The van der Waals surface area contributed by atoms with Crippen LogP contribution in [0.1, 0.15) is 12.1 Å². The third-order valence-electron chi connectivity index (χ3n) is 3.19. The molecule has 1 fully saturated rings. The van der Waals surface area contributed by atoms with Crippen molar-refractivity contribution < 1.29 is 8.42 Å². The van der Waals surface area contributed by atoms with Crippen LogP contribution in [0.5, 0.6) is 0 Å². The second-order valence-electron chi connectivity index (χ2n) is 4.73. The number of rotatable bonds is 5. The van der Waals surface area contributed by atoms with Crippen molar-refractivity contribution in [3.8, 4) is 0 Å². The number of hydrogen-bond donors (Lipinski definition) is 1. The molecular formula is C10H19N5O2S. The zero-order chi connectivity index (χ0) is 13.2. The molecule has 1 aromatic rings. The number of hydrogen-bond acceptors (Lipinski definition) is 6. The smallest absolute Gasteiger partial charge is 0.151 e. The molecule has 0 amide bonds. The Labute approximate surface area is 107 Å². The van der Waals surface area contributed by atoms with Gasteiger partial charge in [0.15, 0.2) is 9.84 Å². The first kappa shape index (κ1) is 13.4. The standard InChI is InChI=1S/C10H19N5O2S/c1-14(10-2-5-18(16,17)8-10)6-9-7-15(4-3-11)13-12-9/h7,10H,2-6,8,11H2,1H3. The zero-order valence-electron chi connectivity index (χ0n) is 10.5. The van der Waals surface area contributed by atoms with Crippen molar-refractivity contribution in [2.75, 3.05) is 25.1 Å². The van der Waals surface area contributed by atoms with Gasteiger partial charge in [-0.15, -0.1) is 5.10 Å². The fraction of sp³-hybridized carbons (Fsp3) is 0.800. The molecule has 2 rings (SSSR count). The van der Waals surface area contributed by atoms with E-state index in [2.05, 4.69) is 10.3 Å². The van der Waals surface area contributed by atoms with Crippen molar-refractivity contribution in [1.29, 1.82) is 0 Å². The van der Waals surface area contributed by atoms with Crippen LogP contribution < -0.4 is 5.73 Å². The summed E-state index contributed by atoms with van der Waals surface area (Å²) in [5.41, 5.74) is 6.28. The van der Waals surface area contributed by atoms with E-state index in [0.29, 0.717) is 31.8 Å². The van der Waals surface area contributed by atoms with Crippen molar-refractivity contribution in [3.05, 3.63) is 11.9 Å². The summed E-state index contributed by atoms with van der Waals surface area (Å²) >= 11 is 0. The van der Waals surface area contributed by atoms with Crippen LogP contribution in [0, 0.1) is 0 Å². The number of sulfone groups is 1. The first-order chi connectivity index (χ1) is 8.50. The van der Waals surface area contributed by atoms with Crippen molar-refractivity contribution >= 4 is 9.84 Å². The molecule has 1 atom stereocenters. The Morgan fingerprint density at radius 3 is 3.00 bits per heavy atom. The normalized spacial score (nSPS) is 22.7. The predicted molar refractivity (Wildman–Crippen MR) is 67.6 cm³/mol. The molecule has 7 nitrogen and oxygen atoms in total. The molecule has 0 aliphatic carbocycles. The van der Waals surface area contributed by atoms with E-state index >= 15 is 0 Å². The Morgan fingerprint density at radius 1 is 1.61 bits per heavy atom. The lowest BCUT2D eigenvalue weighted by molar-refractivity contribution is 0.251. The van der Waals surface area contributed by atoms with Gasteiger partial charge in [0.1, 0.15) is 0 Å². The molecule has 0 aromatic carbocycles. The molecule has 0 saturated carbocycles. The van der Waals surface area contributed by atoms with Gasteiger partial charge >= 0.3 is 0 Å². The quantitative estimate of drug-likeness (QED) is 0.728. The van der Waals surface area contributed by atoms with Gasteiger partial charge in [0, 0.05) is 25.3 Å². The summed E-state index contributed by atoms with van der Waals surface area (Å²) in [6, 6.07) is 0.0923. The molecule has 1 aliphatic rings. The lowest BCUT2D eigenvalue weighted by atomic mass is 10.2. The van der Waals surface area contributed by atoms with Gasteiger partial charge in [-0.25, -0.2) is 8.42 Å². The molecule has 2 heterocycles. The maximum atomic E-state index is 11.4. The van der Waals surface area contributed by atoms with Gasteiger partial charge in [-0.05, 0) is 13.5 Å². The largest absolute Gasteiger partial charge is 0.329 e. The van der Waals surface area contributed by atoms with Gasteiger partial charge in [0.25, 0.3) is 0 Å². The van der Waals surface area contributed by atoms with E-state index < -0.39 is 9.84 Å². The van der Waals surface area contributed by atoms with Crippen LogP contribution in [0.25, 0.3) is 0 Å². The molecule has 2 N–H and O–H groups in total. The summed E-state index contributed by atoms with van der Waals surface area (Å²) in [6.45, 7) is 1.79. The highest BCUT2D eigenvalue weighted by Gasteiger charge is 2.30. The van der Waals surface area contributed by atoms with E-state index in [1.165, 1.54) is 0 Å². The molecule has 1 aromatic heterocycles. The first-order valence-electron chi connectivity index (χ1n) is 6.00. The van der Waals surface area contributed by atoms with Crippen molar-refractivity contribution in [1.82, 2.24) is 19.9 Å². The van der Waals surface area contributed by atoms with Crippen LogP contribution in [0.4, 0.5) is 0 Å². The summed E-state index contributed by atoms with van der Waals surface area (Å²) in [6.07, 6.45) is 2.56. The summed E-state index contributed by atoms with van der Waals surface area (Å²) < 4.78 is 24.5. The maximum Gasteiger partial charge on any atom is 0.151 e. The fourth-order valence-corrected chi connectivity index (χ4v) is 3.97. The number of nitrogens with two attached hydrogens (primary N) is 1.